The number of sulfonamides is 1. The number of nitrogens with zero attached hydrogens (tertiary/aromatic N) is 1. The van der Waals surface area contributed by atoms with Gasteiger partial charge in [0.15, 0.2) is 0 Å². The Morgan fingerprint density at radius 2 is 2.00 bits per heavy atom. The Morgan fingerprint density at radius 1 is 1.33 bits per heavy atom. The summed E-state index contributed by atoms with van der Waals surface area (Å²) in [4.78, 5) is 0. The minimum Gasteiger partial charge on any atom is -0.490 e. The molecule has 0 amide bonds. The molecule has 3 rings (SSSR count). The van der Waals surface area contributed by atoms with Crippen molar-refractivity contribution >= 4 is 15.7 Å². The van der Waals surface area contributed by atoms with Crippen LogP contribution in [0.15, 0.2) is 24.3 Å². The van der Waals surface area contributed by atoms with E-state index in [0.717, 1.165) is 12.8 Å². The van der Waals surface area contributed by atoms with Gasteiger partial charge in [0.2, 0.25) is 10.0 Å². The van der Waals surface area contributed by atoms with Crippen molar-refractivity contribution < 1.29 is 18.3 Å². The van der Waals surface area contributed by atoms with Gasteiger partial charge in [-0.25, -0.2) is 8.42 Å². The van der Waals surface area contributed by atoms with Crippen LogP contribution in [0.25, 0.3) is 0 Å². The third-order valence-electron chi connectivity index (χ3n) is 4.15. The average molecular weight is 312 g/mol. The van der Waals surface area contributed by atoms with Crippen molar-refractivity contribution in [1.29, 1.82) is 0 Å². The van der Waals surface area contributed by atoms with E-state index in [0.29, 0.717) is 11.4 Å². The lowest BCUT2D eigenvalue weighted by Crippen LogP contribution is -2.65. The molecule has 7 heteroatoms. The number of ether oxygens (including phenoxy) is 1. The molecule has 1 aromatic rings. The lowest BCUT2D eigenvalue weighted by Gasteiger charge is -2.45. The molecular formula is C14H20N2O4S. The van der Waals surface area contributed by atoms with Crippen molar-refractivity contribution in [3.8, 4) is 5.75 Å². The zero-order valence-corrected chi connectivity index (χ0v) is 12.6. The van der Waals surface area contributed by atoms with Crippen molar-refractivity contribution in [2.75, 3.05) is 31.2 Å². The second-order valence-corrected chi connectivity index (χ2v) is 7.94. The molecule has 1 aromatic carbocycles. The highest BCUT2D eigenvalue weighted by atomic mass is 32.2. The molecule has 0 spiro atoms. The number of nitrogens with two attached hydrogens (primary N) is 1. The van der Waals surface area contributed by atoms with Gasteiger partial charge in [-0.2, -0.15) is 4.31 Å². The maximum atomic E-state index is 12.1. The SMILES string of the molecule is Nc1ccccc1OCCS(=O)(=O)N1CC(O)(C2CC2)C1. The summed E-state index contributed by atoms with van der Waals surface area (Å²) in [6, 6.07) is 6.98. The highest BCUT2D eigenvalue weighted by Gasteiger charge is 2.54. The number of anilines is 1. The molecule has 3 N–H and O–H groups in total. The number of para-hydroxylation sites is 2. The molecule has 1 aliphatic carbocycles. The van der Waals surface area contributed by atoms with Gasteiger partial charge < -0.3 is 15.6 Å². The third-order valence-corrected chi connectivity index (χ3v) is 5.88. The van der Waals surface area contributed by atoms with Crippen molar-refractivity contribution in [3.63, 3.8) is 0 Å². The van der Waals surface area contributed by atoms with E-state index in [9.17, 15) is 13.5 Å². The standard InChI is InChI=1S/C14H20N2O4S/c15-12-3-1-2-4-13(12)20-7-8-21(18,19)16-9-14(17,10-16)11-5-6-11/h1-4,11,17H,5-10,15H2. The normalized spacial score (nSPS) is 21.8. The van der Waals surface area contributed by atoms with Crippen LogP contribution in [-0.4, -0.2) is 48.9 Å². The summed E-state index contributed by atoms with van der Waals surface area (Å²) in [6.45, 7) is 0.482. The van der Waals surface area contributed by atoms with E-state index in [1.54, 1.807) is 24.3 Å². The van der Waals surface area contributed by atoms with Crippen molar-refractivity contribution in [3.05, 3.63) is 24.3 Å². The van der Waals surface area contributed by atoms with E-state index in [-0.39, 0.29) is 31.4 Å². The molecule has 0 atom stereocenters. The molecule has 1 saturated heterocycles. The van der Waals surface area contributed by atoms with Crippen LogP contribution in [0, 0.1) is 5.92 Å². The topological polar surface area (TPSA) is 92.9 Å². The molecule has 2 fully saturated rings. The Balaban J connectivity index is 1.50. The molecule has 21 heavy (non-hydrogen) atoms. The van der Waals surface area contributed by atoms with Crippen molar-refractivity contribution in [1.82, 2.24) is 4.31 Å². The summed E-state index contributed by atoms with van der Waals surface area (Å²) >= 11 is 0. The van der Waals surface area contributed by atoms with Gasteiger partial charge in [-0.05, 0) is 30.9 Å². The van der Waals surface area contributed by atoms with Crippen LogP contribution in [0.5, 0.6) is 5.75 Å². The van der Waals surface area contributed by atoms with Gasteiger partial charge in [-0.1, -0.05) is 12.1 Å². The van der Waals surface area contributed by atoms with Crippen molar-refractivity contribution in [2.45, 2.75) is 18.4 Å². The van der Waals surface area contributed by atoms with E-state index >= 15 is 0 Å². The van der Waals surface area contributed by atoms with E-state index in [1.807, 2.05) is 0 Å². The Bertz CT molecular complexity index is 622. The summed E-state index contributed by atoms with van der Waals surface area (Å²) in [6.07, 6.45) is 2.00. The molecule has 1 saturated carbocycles. The fraction of sp³-hybridized carbons (Fsp3) is 0.571. The second-order valence-electron chi connectivity index (χ2n) is 5.85. The molecule has 0 bridgehead atoms. The van der Waals surface area contributed by atoms with E-state index in [1.165, 1.54) is 4.31 Å². The first-order valence-corrected chi connectivity index (χ1v) is 8.69. The Labute approximate surface area is 124 Å². The fourth-order valence-electron chi connectivity index (χ4n) is 2.64. The Kier molecular flexibility index (Phi) is 3.59. The molecule has 0 unspecified atom stereocenters. The molecule has 6 nitrogen and oxygen atoms in total. The van der Waals surface area contributed by atoms with Crippen LogP contribution in [0.3, 0.4) is 0 Å². The van der Waals surface area contributed by atoms with Gasteiger partial charge in [0.05, 0.1) is 17.0 Å². The molecule has 1 heterocycles. The second kappa shape index (κ2) is 5.15. The summed E-state index contributed by atoms with van der Waals surface area (Å²) in [5, 5.41) is 10.2. The molecule has 0 aromatic heterocycles. The minimum absolute atomic E-state index is 0.0505. The van der Waals surface area contributed by atoms with E-state index in [2.05, 4.69) is 0 Å². The first-order valence-electron chi connectivity index (χ1n) is 7.08. The zero-order chi connectivity index (χ0) is 15.1. The largest absolute Gasteiger partial charge is 0.490 e. The third kappa shape index (κ3) is 3.00. The van der Waals surface area contributed by atoms with Crippen LogP contribution >= 0.6 is 0 Å². The molecule has 116 valence electrons. The fourth-order valence-corrected chi connectivity index (χ4v) is 4.03. The van der Waals surface area contributed by atoms with Crippen LogP contribution < -0.4 is 10.5 Å². The van der Waals surface area contributed by atoms with Gasteiger partial charge in [0.25, 0.3) is 0 Å². The molecule has 1 aliphatic heterocycles. The van der Waals surface area contributed by atoms with E-state index < -0.39 is 15.6 Å². The monoisotopic (exact) mass is 312 g/mol. The van der Waals surface area contributed by atoms with Gasteiger partial charge in [0, 0.05) is 13.1 Å². The van der Waals surface area contributed by atoms with Gasteiger partial charge in [0.1, 0.15) is 12.4 Å². The number of hydrogen-bond donors (Lipinski definition) is 2. The lowest BCUT2D eigenvalue weighted by molar-refractivity contribution is -0.0765. The number of hydrogen-bond acceptors (Lipinski definition) is 5. The first kappa shape index (κ1) is 14.6. The summed E-state index contributed by atoms with van der Waals surface area (Å²) in [5.74, 6) is 0.664. The van der Waals surface area contributed by atoms with Crippen LogP contribution in [0.4, 0.5) is 5.69 Å². The van der Waals surface area contributed by atoms with Gasteiger partial charge in [-0.3, -0.25) is 0 Å². The lowest BCUT2D eigenvalue weighted by atomic mass is 9.91. The summed E-state index contributed by atoms with van der Waals surface area (Å²) < 4.78 is 31.0. The van der Waals surface area contributed by atoms with E-state index in [4.69, 9.17) is 10.5 Å². The van der Waals surface area contributed by atoms with Gasteiger partial charge >= 0.3 is 0 Å². The smallest absolute Gasteiger partial charge is 0.217 e. The maximum absolute atomic E-state index is 12.1. The summed E-state index contributed by atoms with van der Waals surface area (Å²) in [7, 11) is -3.38. The zero-order valence-electron chi connectivity index (χ0n) is 11.7. The quantitative estimate of drug-likeness (QED) is 0.743. The number of aliphatic hydroxyl groups is 1. The predicted octanol–water partition coefficient (Wildman–Crippen LogP) is 0.434. The number of benzene rings is 1. The maximum Gasteiger partial charge on any atom is 0.217 e. The molecule has 0 radical (unpaired) electrons. The van der Waals surface area contributed by atoms with Crippen LogP contribution in [0.2, 0.25) is 0 Å². The minimum atomic E-state index is -3.38. The highest BCUT2D eigenvalue weighted by Crippen LogP contribution is 2.45. The van der Waals surface area contributed by atoms with Crippen LogP contribution in [0.1, 0.15) is 12.8 Å². The Hall–Kier alpha value is -1.31. The summed E-state index contributed by atoms with van der Waals surface area (Å²) in [5.41, 5.74) is 5.42. The predicted molar refractivity (Wildman–Crippen MR) is 79.4 cm³/mol. The van der Waals surface area contributed by atoms with Crippen molar-refractivity contribution in [2.24, 2.45) is 5.92 Å². The number of nitrogen functional groups attached to an aromatic ring is 1. The first-order chi connectivity index (χ1) is 9.91. The average Bonchev–Trinajstić information content (AvgIpc) is 3.22. The number of rotatable bonds is 6. The Morgan fingerprint density at radius 3 is 2.62 bits per heavy atom. The molecular weight excluding hydrogens is 292 g/mol. The highest BCUT2D eigenvalue weighted by molar-refractivity contribution is 7.89. The number of β-amino-alcohol motifs (C(OH)–C–C–N with tert-alkyl or cyclic N) is 1. The van der Waals surface area contributed by atoms with Gasteiger partial charge in [-0.15, -0.1) is 0 Å². The molecule has 2 aliphatic rings. The van der Waals surface area contributed by atoms with Crippen LogP contribution in [-0.2, 0) is 10.0 Å².